The van der Waals surface area contributed by atoms with E-state index < -0.39 is 0 Å². The van der Waals surface area contributed by atoms with Gasteiger partial charge in [0.15, 0.2) is 0 Å². The van der Waals surface area contributed by atoms with Gasteiger partial charge in [0.25, 0.3) is 0 Å². The van der Waals surface area contributed by atoms with Gasteiger partial charge >= 0.3 is 0 Å². The maximum atomic E-state index is 12.0. The molecule has 0 aliphatic carbocycles. The van der Waals surface area contributed by atoms with Crippen molar-refractivity contribution in [3.8, 4) is 0 Å². The molecule has 1 atom stereocenters. The molecule has 0 N–H and O–H groups in total. The number of hydrogen-bond donors (Lipinski definition) is 0. The summed E-state index contributed by atoms with van der Waals surface area (Å²) in [6.45, 7) is 23.4. The molecule has 1 aliphatic rings. The first kappa shape index (κ1) is 29.8. The van der Waals surface area contributed by atoms with Crippen LogP contribution in [-0.2, 0) is 11.2 Å². The highest BCUT2D eigenvalue weighted by molar-refractivity contribution is 5.78. The van der Waals surface area contributed by atoms with Crippen LogP contribution in [-0.4, -0.2) is 92.3 Å². The van der Waals surface area contributed by atoms with Crippen LogP contribution in [0.3, 0.4) is 0 Å². The summed E-state index contributed by atoms with van der Waals surface area (Å²) in [6.07, 6.45) is 8.53. The topological polar surface area (TPSA) is 47.1 Å². The fourth-order valence-electron chi connectivity index (χ4n) is 4.71. The van der Waals surface area contributed by atoms with Gasteiger partial charge in [0.1, 0.15) is 6.29 Å². The molecule has 0 spiro atoms. The van der Waals surface area contributed by atoms with E-state index >= 15 is 0 Å². The summed E-state index contributed by atoms with van der Waals surface area (Å²) in [4.78, 5) is 32.9. The second kappa shape index (κ2) is 16.3. The van der Waals surface area contributed by atoms with E-state index in [1.807, 2.05) is 30.0 Å². The molecule has 200 valence electrons. The number of aldehydes is 1. The monoisotopic (exact) mass is 496 g/mol. The van der Waals surface area contributed by atoms with E-state index in [2.05, 4.69) is 53.8 Å². The zero-order chi connectivity index (χ0) is 26.3. The first-order valence-corrected chi connectivity index (χ1v) is 13.7. The number of amides is 1. The normalized spacial score (nSPS) is 15.1. The molecule has 1 aliphatic heterocycles. The van der Waals surface area contributed by atoms with Crippen molar-refractivity contribution in [2.75, 3.05) is 70.3 Å². The minimum atomic E-state index is 0.258. The number of carbonyl (C=O) groups excluding carboxylic acids is 2. The average molecular weight is 497 g/mol. The third kappa shape index (κ3) is 9.55. The zero-order valence-corrected chi connectivity index (χ0v) is 23.0. The molecule has 1 unspecified atom stereocenters. The summed E-state index contributed by atoms with van der Waals surface area (Å²) in [5, 5.41) is 0. The molecule has 1 heterocycles. The molecule has 6 heteroatoms. The minimum absolute atomic E-state index is 0.258. The van der Waals surface area contributed by atoms with E-state index in [4.69, 9.17) is 0 Å². The van der Waals surface area contributed by atoms with Crippen molar-refractivity contribution in [3.05, 3.63) is 54.6 Å². The van der Waals surface area contributed by atoms with Gasteiger partial charge in [0, 0.05) is 83.1 Å². The van der Waals surface area contributed by atoms with Gasteiger partial charge in [0.2, 0.25) is 5.91 Å². The van der Waals surface area contributed by atoms with Crippen molar-refractivity contribution in [1.29, 1.82) is 0 Å². The summed E-state index contributed by atoms with van der Waals surface area (Å²) >= 11 is 0. The Morgan fingerprint density at radius 1 is 1.06 bits per heavy atom. The summed E-state index contributed by atoms with van der Waals surface area (Å²) in [5.74, 6) is 0.853. The molecule has 1 fully saturated rings. The lowest BCUT2D eigenvalue weighted by atomic mass is 9.96. The first-order chi connectivity index (χ1) is 17.4. The molecule has 36 heavy (non-hydrogen) atoms. The van der Waals surface area contributed by atoms with Gasteiger partial charge in [-0.15, -0.1) is 13.2 Å². The molecule has 2 rings (SSSR count). The van der Waals surface area contributed by atoms with Crippen LogP contribution in [0.2, 0.25) is 0 Å². The van der Waals surface area contributed by atoms with Crippen LogP contribution < -0.4 is 4.90 Å². The smallest absolute Gasteiger partial charge is 0.222 e. The Morgan fingerprint density at radius 2 is 1.81 bits per heavy atom. The van der Waals surface area contributed by atoms with Crippen LogP contribution in [0, 0.1) is 5.92 Å². The molecule has 0 aromatic heterocycles. The minimum Gasteiger partial charge on any atom is -0.370 e. The van der Waals surface area contributed by atoms with Gasteiger partial charge in [-0.05, 0) is 30.4 Å². The second-order valence-electron chi connectivity index (χ2n) is 9.95. The van der Waals surface area contributed by atoms with Crippen LogP contribution in [0.5, 0.6) is 0 Å². The highest BCUT2D eigenvalue weighted by Crippen LogP contribution is 2.26. The lowest BCUT2D eigenvalue weighted by molar-refractivity contribution is -0.132. The van der Waals surface area contributed by atoms with Crippen molar-refractivity contribution in [2.24, 2.45) is 5.92 Å². The third-order valence-electron chi connectivity index (χ3n) is 7.29. The Bertz CT molecular complexity index is 832. The lowest BCUT2D eigenvalue weighted by Crippen LogP contribution is -2.50. The average Bonchev–Trinajstić information content (AvgIpc) is 2.91. The summed E-state index contributed by atoms with van der Waals surface area (Å²) in [7, 11) is 0. The van der Waals surface area contributed by atoms with Crippen molar-refractivity contribution in [1.82, 2.24) is 14.7 Å². The summed E-state index contributed by atoms with van der Waals surface area (Å²) in [5.41, 5.74) is 3.22. The van der Waals surface area contributed by atoms with Gasteiger partial charge in [0.05, 0.1) is 0 Å². The van der Waals surface area contributed by atoms with Gasteiger partial charge < -0.3 is 9.80 Å². The summed E-state index contributed by atoms with van der Waals surface area (Å²) in [6, 6.07) is 6.14. The molecular formula is C30H48N4O2. The van der Waals surface area contributed by atoms with E-state index in [1.54, 1.807) is 0 Å². The summed E-state index contributed by atoms with van der Waals surface area (Å²) < 4.78 is 0. The number of carbonyl (C=O) groups is 2. The van der Waals surface area contributed by atoms with Crippen LogP contribution in [0.1, 0.15) is 56.0 Å². The quantitative estimate of drug-likeness (QED) is 0.235. The fourth-order valence-corrected chi connectivity index (χ4v) is 4.71. The Kier molecular flexibility index (Phi) is 13.5. The van der Waals surface area contributed by atoms with Crippen LogP contribution >= 0.6 is 0 Å². The Hall–Kier alpha value is -2.44. The third-order valence-corrected chi connectivity index (χ3v) is 7.29. The molecule has 1 amide bonds. The van der Waals surface area contributed by atoms with E-state index in [0.29, 0.717) is 12.3 Å². The predicted octanol–water partition coefficient (Wildman–Crippen LogP) is 4.51. The van der Waals surface area contributed by atoms with Crippen molar-refractivity contribution < 1.29 is 9.59 Å². The second-order valence-corrected chi connectivity index (χ2v) is 9.95. The van der Waals surface area contributed by atoms with Gasteiger partial charge in [-0.1, -0.05) is 51.5 Å². The van der Waals surface area contributed by atoms with Crippen LogP contribution in [0.25, 0.3) is 0 Å². The molecule has 0 bridgehead atoms. The predicted molar refractivity (Wildman–Crippen MR) is 152 cm³/mol. The fraction of sp³-hybridized carbons (Fsp3) is 0.600. The number of hydrogen-bond acceptors (Lipinski definition) is 5. The van der Waals surface area contributed by atoms with Crippen molar-refractivity contribution >= 4 is 17.9 Å². The number of anilines is 1. The standard InChI is InChI=1S/C30H48N4O2/c1-6-10-14-33(29-24-27(25-35)11-12-28(29)23-26(5)8-3)20-17-31(13-7-2)15-16-32-18-21-34(22-19-32)30(36)9-4/h6-7,11-12,24-26H,1-2,8-10,13-23H2,3-5H3. The molecule has 6 nitrogen and oxygen atoms in total. The molecule has 0 radical (unpaired) electrons. The first-order valence-electron chi connectivity index (χ1n) is 13.7. The van der Waals surface area contributed by atoms with E-state index in [9.17, 15) is 9.59 Å². The van der Waals surface area contributed by atoms with E-state index in [-0.39, 0.29) is 5.91 Å². The maximum absolute atomic E-state index is 12.0. The molecule has 1 saturated heterocycles. The van der Waals surface area contributed by atoms with Crippen molar-refractivity contribution in [3.63, 3.8) is 0 Å². The largest absolute Gasteiger partial charge is 0.370 e. The van der Waals surface area contributed by atoms with Crippen molar-refractivity contribution in [2.45, 2.75) is 46.5 Å². The van der Waals surface area contributed by atoms with Crippen LogP contribution in [0.4, 0.5) is 5.69 Å². The molecule has 1 aromatic rings. The highest BCUT2D eigenvalue weighted by atomic mass is 16.2. The lowest BCUT2D eigenvalue weighted by Gasteiger charge is -2.36. The Balaban J connectivity index is 2.05. The highest BCUT2D eigenvalue weighted by Gasteiger charge is 2.20. The number of benzene rings is 1. The molecular weight excluding hydrogens is 448 g/mol. The molecule has 1 aromatic carbocycles. The van der Waals surface area contributed by atoms with E-state index in [1.165, 1.54) is 11.3 Å². The Labute approximate surface area is 219 Å². The van der Waals surface area contributed by atoms with Crippen LogP contribution in [0.15, 0.2) is 43.5 Å². The maximum Gasteiger partial charge on any atom is 0.222 e. The van der Waals surface area contributed by atoms with E-state index in [0.717, 1.165) is 96.6 Å². The Morgan fingerprint density at radius 3 is 2.42 bits per heavy atom. The van der Waals surface area contributed by atoms with Gasteiger partial charge in [-0.25, -0.2) is 0 Å². The number of piperazine rings is 1. The zero-order valence-electron chi connectivity index (χ0n) is 23.0. The SMILES string of the molecule is C=CCCN(CCN(CC=C)CCN1CCN(C(=O)CC)CC1)c1cc(C=O)ccc1CC(C)CC. The van der Waals surface area contributed by atoms with Gasteiger partial charge in [-0.3, -0.25) is 19.4 Å². The number of rotatable bonds is 17. The van der Waals surface area contributed by atoms with Gasteiger partial charge in [-0.2, -0.15) is 0 Å². The molecule has 0 saturated carbocycles. The number of nitrogens with zero attached hydrogens (tertiary/aromatic N) is 4.